The van der Waals surface area contributed by atoms with E-state index in [1.54, 1.807) is 0 Å². The van der Waals surface area contributed by atoms with Crippen molar-refractivity contribution in [3.63, 3.8) is 0 Å². The maximum Gasteiger partial charge on any atom is 0.0364 e. The molecule has 0 N–H and O–H groups in total. The van der Waals surface area contributed by atoms with Gasteiger partial charge in [-0.25, -0.2) is 0 Å². The molecule has 0 aromatic heterocycles. The zero-order valence-electron chi connectivity index (χ0n) is 8.26. The van der Waals surface area contributed by atoms with E-state index in [0.29, 0.717) is 0 Å². The lowest BCUT2D eigenvalue weighted by atomic mass is 10.2. The summed E-state index contributed by atoms with van der Waals surface area (Å²) in [4.78, 5) is 2.29. The molecule has 0 unspecified atom stereocenters. The van der Waals surface area contributed by atoms with Gasteiger partial charge >= 0.3 is 0 Å². The molecule has 0 saturated heterocycles. The Morgan fingerprint density at radius 3 is 2.38 bits per heavy atom. The normalized spacial score (nSPS) is 10.1. The number of halogens is 1. The molecule has 0 amide bonds. The van der Waals surface area contributed by atoms with Crippen LogP contribution in [-0.2, 0) is 0 Å². The van der Waals surface area contributed by atoms with Crippen LogP contribution in [0.1, 0.15) is 19.8 Å². The standard InChI is InChI=1S/C11H16BrN/c1-3-4-9-13(2)11-7-5-10(12)6-8-11/h5-8H,3-4,9H2,1-2H3. The largest absolute Gasteiger partial charge is 0.375 e. The summed E-state index contributed by atoms with van der Waals surface area (Å²) in [5.74, 6) is 0. The summed E-state index contributed by atoms with van der Waals surface area (Å²) in [5, 5.41) is 0. The monoisotopic (exact) mass is 241 g/mol. The Morgan fingerprint density at radius 1 is 1.23 bits per heavy atom. The van der Waals surface area contributed by atoms with Crippen molar-refractivity contribution in [1.29, 1.82) is 0 Å². The summed E-state index contributed by atoms with van der Waals surface area (Å²) in [6.07, 6.45) is 2.51. The van der Waals surface area contributed by atoms with Crippen LogP contribution >= 0.6 is 15.9 Å². The summed E-state index contributed by atoms with van der Waals surface area (Å²) in [6, 6.07) is 8.44. The molecule has 1 rings (SSSR count). The molecular formula is C11H16BrN. The molecule has 1 aromatic rings. The second-order valence-corrected chi connectivity index (χ2v) is 4.17. The van der Waals surface area contributed by atoms with Crippen LogP contribution in [0, 0.1) is 0 Å². The van der Waals surface area contributed by atoms with Crippen molar-refractivity contribution >= 4 is 21.6 Å². The van der Waals surface area contributed by atoms with Crippen LogP contribution in [0.2, 0.25) is 0 Å². The maximum atomic E-state index is 3.43. The van der Waals surface area contributed by atoms with Crippen LogP contribution in [0.15, 0.2) is 28.7 Å². The highest BCUT2D eigenvalue weighted by Crippen LogP contribution is 2.17. The molecule has 0 heterocycles. The van der Waals surface area contributed by atoms with Gasteiger partial charge in [0.15, 0.2) is 0 Å². The van der Waals surface area contributed by atoms with Crippen LogP contribution in [0.4, 0.5) is 5.69 Å². The maximum absolute atomic E-state index is 3.43. The summed E-state index contributed by atoms with van der Waals surface area (Å²) in [5.41, 5.74) is 1.29. The van der Waals surface area contributed by atoms with Crippen LogP contribution in [0.5, 0.6) is 0 Å². The molecule has 1 nitrogen and oxygen atoms in total. The van der Waals surface area contributed by atoms with Crippen molar-refractivity contribution in [2.45, 2.75) is 19.8 Å². The van der Waals surface area contributed by atoms with Crippen molar-refractivity contribution < 1.29 is 0 Å². The van der Waals surface area contributed by atoms with Gasteiger partial charge < -0.3 is 4.90 Å². The molecule has 0 saturated carbocycles. The van der Waals surface area contributed by atoms with Crippen LogP contribution < -0.4 is 4.90 Å². The minimum atomic E-state index is 1.14. The first-order valence-electron chi connectivity index (χ1n) is 4.70. The van der Waals surface area contributed by atoms with Crippen LogP contribution in [0.25, 0.3) is 0 Å². The summed E-state index contributed by atoms with van der Waals surface area (Å²) in [6.45, 7) is 3.35. The highest BCUT2D eigenvalue weighted by atomic mass is 79.9. The van der Waals surface area contributed by atoms with Gasteiger partial charge in [0.25, 0.3) is 0 Å². The van der Waals surface area contributed by atoms with Gasteiger partial charge in [0, 0.05) is 23.8 Å². The predicted molar refractivity (Wildman–Crippen MR) is 62.3 cm³/mol. The van der Waals surface area contributed by atoms with E-state index in [4.69, 9.17) is 0 Å². The van der Waals surface area contributed by atoms with Crippen LogP contribution in [0.3, 0.4) is 0 Å². The molecule has 0 radical (unpaired) electrons. The van der Waals surface area contributed by atoms with E-state index in [9.17, 15) is 0 Å². The fourth-order valence-corrected chi connectivity index (χ4v) is 1.48. The van der Waals surface area contributed by atoms with Crippen molar-refractivity contribution in [2.75, 3.05) is 18.5 Å². The lowest BCUT2D eigenvalue weighted by Crippen LogP contribution is -2.17. The van der Waals surface area contributed by atoms with E-state index in [-0.39, 0.29) is 0 Å². The van der Waals surface area contributed by atoms with Gasteiger partial charge in [-0.05, 0) is 30.7 Å². The second kappa shape index (κ2) is 5.28. The number of nitrogens with zero attached hydrogens (tertiary/aromatic N) is 1. The molecular weight excluding hydrogens is 226 g/mol. The Morgan fingerprint density at radius 2 is 1.85 bits per heavy atom. The third-order valence-corrected chi connectivity index (χ3v) is 2.64. The Balaban J connectivity index is 2.55. The Labute approximate surface area is 88.9 Å². The molecule has 0 bridgehead atoms. The number of benzene rings is 1. The van der Waals surface area contributed by atoms with Crippen molar-refractivity contribution in [3.8, 4) is 0 Å². The lowest BCUT2D eigenvalue weighted by molar-refractivity contribution is 0.767. The molecule has 2 heteroatoms. The topological polar surface area (TPSA) is 3.24 Å². The van der Waals surface area contributed by atoms with E-state index in [2.05, 4.69) is 59.1 Å². The van der Waals surface area contributed by atoms with Gasteiger partial charge in [0.1, 0.15) is 0 Å². The number of rotatable bonds is 4. The molecule has 0 aliphatic heterocycles. The van der Waals surface area contributed by atoms with Gasteiger partial charge in [-0.15, -0.1) is 0 Å². The Bertz CT molecular complexity index is 243. The van der Waals surface area contributed by atoms with Gasteiger partial charge in [-0.3, -0.25) is 0 Å². The van der Waals surface area contributed by atoms with E-state index in [1.807, 2.05) is 0 Å². The summed E-state index contributed by atoms with van der Waals surface area (Å²) < 4.78 is 1.14. The van der Waals surface area contributed by atoms with Crippen molar-refractivity contribution in [3.05, 3.63) is 28.7 Å². The fraction of sp³-hybridized carbons (Fsp3) is 0.455. The smallest absolute Gasteiger partial charge is 0.0364 e. The predicted octanol–water partition coefficient (Wildman–Crippen LogP) is 3.69. The Kier molecular flexibility index (Phi) is 4.29. The second-order valence-electron chi connectivity index (χ2n) is 3.25. The minimum Gasteiger partial charge on any atom is -0.375 e. The first kappa shape index (κ1) is 10.6. The van der Waals surface area contributed by atoms with E-state index in [1.165, 1.54) is 18.5 Å². The fourth-order valence-electron chi connectivity index (χ4n) is 1.22. The van der Waals surface area contributed by atoms with E-state index < -0.39 is 0 Å². The zero-order valence-corrected chi connectivity index (χ0v) is 9.84. The zero-order chi connectivity index (χ0) is 9.68. The molecule has 1 aromatic carbocycles. The lowest BCUT2D eigenvalue weighted by Gasteiger charge is -2.18. The quantitative estimate of drug-likeness (QED) is 0.778. The third kappa shape index (κ3) is 3.39. The summed E-state index contributed by atoms with van der Waals surface area (Å²) in [7, 11) is 2.14. The molecule has 0 aliphatic carbocycles. The summed E-state index contributed by atoms with van der Waals surface area (Å²) >= 11 is 3.43. The third-order valence-electron chi connectivity index (χ3n) is 2.11. The molecule has 0 aliphatic rings. The first-order chi connectivity index (χ1) is 6.24. The van der Waals surface area contributed by atoms with E-state index in [0.717, 1.165) is 11.0 Å². The van der Waals surface area contributed by atoms with Gasteiger partial charge in [0.05, 0.1) is 0 Å². The highest BCUT2D eigenvalue weighted by molar-refractivity contribution is 9.10. The Hall–Kier alpha value is -0.500. The van der Waals surface area contributed by atoms with Gasteiger partial charge in [-0.2, -0.15) is 0 Å². The first-order valence-corrected chi connectivity index (χ1v) is 5.50. The van der Waals surface area contributed by atoms with Crippen molar-refractivity contribution in [1.82, 2.24) is 0 Å². The number of hydrogen-bond donors (Lipinski definition) is 0. The number of anilines is 1. The van der Waals surface area contributed by atoms with Crippen LogP contribution in [-0.4, -0.2) is 13.6 Å². The molecule has 0 fully saturated rings. The van der Waals surface area contributed by atoms with Gasteiger partial charge in [-0.1, -0.05) is 29.3 Å². The average Bonchev–Trinajstić information content (AvgIpc) is 2.15. The highest BCUT2D eigenvalue weighted by Gasteiger charge is 1.98. The molecule has 0 spiro atoms. The molecule has 72 valence electrons. The SMILES string of the molecule is CCCCN(C)c1ccc(Br)cc1. The average molecular weight is 242 g/mol. The van der Waals surface area contributed by atoms with Crippen molar-refractivity contribution in [2.24, 2.45) is 0 Å². The molecule has 0 atom stereocenters. The number of unbranched alkanes of at least 4 members (excludes halogenated alkanes) is 1. The van der Waals surface area contributed by atoms with E-state index >= 15 is 0 Å². The van der Waals surface area contributed by atoms with Gasteiger partial charge in [0.2, 0.25) is 0 Å². The minimum absolute atomic E-state index is 1.14. The number of hydrogen-bond acceptors (Lipinski definition) is 1. The molecule has 13 heavy (non-hydrogen) atoms.